The molecule has 1 atom stereocenters. The van der Waals surface area contributed by atoms with Crippen molar-refractivity contribution in [2.45, 2.75) is 18.8 Å². The summed E-state index contributed by atoms with van der Waals surface area (Å²) in [5, 5.41) is 0. The van der Waals surface area contributed by atoms with Crippen LogP contribution in [0.5, 0.6) is 11.5 Å². The van der Waals surface area contributed by atoms with Crippen molar-refractivity contribution in [3.63, 3.8) is 0 Å². The summed E-state index contributed by atoms with van der Waals surface area (Å²) in [4.78, 5) is 42.1. The molecule has 9 nitrogen and oxygen atoms in total. The van der Waals surface area contributed by atoms with E-state index < -0.39 is 30.1 Å². The van der Waals surface area contributed by atoms with Gasteiger partial charge in [-0.1, -0.05) is 15.9 Å². The molecule has 0 spiro atoms. The molecular weight excluding hydrogens is 496 g/mol. The minimum Gasteiger partial charge on any atom is -0.493 e. The minimum absolute atomic E-state index is 0.0575. The van der Waals surface area contributed by atoms with Crippen LogP contribution in [0.3, 0.4) is 0 Å². The van der Waals surface area contributed by atoms with Gasteiger partial charge in [-0.15, -0.1) is 0 Å². The highest BCUT2D eigenvalue weighted by Crippen LogP contribution is 2.31. The Labute approximate surface area is 200 Å². The summed E-state index contributed by atoms with van der Waals surface area (Å²) in [7, 11) is 5.82. The third kappa shape index (κ3) is 5.18. The summed E-state index contributed by atoms with van der Waals surface area (Å²) in [5.41, 5.74) is 0.699. The number of carbonyl (C=O) groups excluding carboxylic acids is 3. The third-order valence-corrected chi connectivity index (χ3v) is 5.88. The lowest BCUT2D eigenvalue weighted by Gasteiger charge is -2.30. The molecule has 0 aromatic heterocycles. The number of rotatable bonds is 9. The summed E-state index contributed by atoms with van der Waals surface area (Å²) >= 11 is 3.34. The van der Waals surface area contributed by atoms with Crippen molar-refractivity contribution in [2.75, 3.05) is 39.9 Å². The third-order valence-electron chi connectivity index (χ3n) is 5.35. The average Bonchev–Trinajstić information content (AvgIpc) is 3.13. The maximum atomic E-state index is 13.5. The second kappa shape index (κ2) is 10.8. The van der Waals surface area contributed by atoms with Crippen molar-refractivity contribution in [1.82, 2.24) is 4.90 Å². The van der Waals surface area contributed by atoms with E-state index in [1.165, 1.54) is 39.4 Å². The lowest BCUT2D eigenvalue weighted by molar-refractivity contribution is -0.128. The molecule has 176 valence electrons. The van der Waals surface area contributed by atoms with E-state index in [0.29, 0.717) is 17.2 Å². The van der Waals surface area contributed by atoms with E-state index in [1.807, 2.05) is 0 Å². The number of halogens is 1. The van der Waals surface area contributed by atoms with Crippen LogP contribution >= 0.6 is 15.9 Å². The van der Waals surface area contributed by atoms with Crippen molar-refractivity contribution in [2.24, 2.45) is 0 Å². The molecule has 0 radical (unpaired) electrons. The molecule has 1 unspecified atom stereocenters. The summed E-state index contributed by atoms with van der Waals surface area (Å²) < 4.78 is 21.9. The van der Waals surface area contributed by atoms with Gasteiger partial charge >= 0.3 is 0 Å². The largest absolute Gasteiger partial charge is 0.493 e. The number of hydrogen-bond donors (Lipinski definition) is 0. The molecule has 33 heavy (non-hydrogen) atoms. The second-order valence-corrected chi connectivity index (χ2v) is 8.11. The van der Waals surface area contributed by atoms with Crippen LogP contribution in [0, 0.1) is 0 Å². The predicted octanol–water partition coefficient (Wildman–Crippen LogP) is 2.86. The van der Waals surface area contributed by atoms with Gasteiger partial charge in [-0.3, -0.25) is 14.4 Å². The second-order valence-electron chi connectivity index (χ2n) is 7.19. The maximum absolute atomic E-state index is 13.5. The first-order valence-electron chi connectivity index (χ1n) is 10.1. The molecule has 2 aromatic rings. The van der Waals surface area contributed by atoms with Gasteiger partial charge in [0.25, 0.3) is 11.8 Å². The molecular formula is C23H25BrN2O7. The van der Waals surface area contributed by atoms with Crippen molar-refractivity contribution in [3.05, 3.63) is 52.5 Å². The van der Waals surface area contributed by atoms with Gasteiger partial charge in [0.15, 0.2) is 17.8 Å². The summed E-state index contributed by atoms with van der Waals surface area (Å²) in [6, 6.07) is 10.5. The van der Waals surface area contributed by atoms with E-state index in [1.54, 1.807) is 36.4 Å². The first-order valence-corrected chi connectivity index (χ1v) is 10.8. The van der Waals surface area contributed by atoms with Gasteiger partial charge in [0, 0.05) is 24.3 Å². The van der Waals surface area contributed by atoms with Crippen molar-refractivity contribution < 1.29 is 33.3 Å². The van der Waals surface area contributed by atoms with Gasteiger partial charge < -0.3 is 23.8 Å². The Morgan fingerprint density at radius 1 is 1.03 bits per heavy atom. The van der Waals surface area contributed by atoms with Gasteiger partial charge in [0.05, 0.1) is 32.9 Å². The number of anilines is 1. The highest BCUT2D eigenvalue weighted by atomic mass is 79.9. The summed E-state index contributed by atoms with van der Waals surface area (Å²) in [5.74, 6) is -0.547. The Balaban J connectivity index is 1.97. The standard InChI is InChI=1S/C23H25BrN2O7/c1-30-18-10-5-14(11-19(18)31-2)22(28)25(13-21(32-3)33-4)17-12-20(27)26(23(17)29)16-8-6-15(24)7-9-16/h5-11,17,21H,12-13H2,1-4H3. The number of benzene rings is 2. The maximum Gasteiger partial charge on any atom is 0.257 e. The Hall–Kier alpha value is -2.95. The van der Waals surface area contributed by atoms with Gasteiger partial charge in [-0.05, 0) is 42.5 Å². The fourth-order valence-electron chi connectivity index (χ4n) is 3.61. The molecule has 1 saturated heterocycles. The van der Waals surface area contributed by atoms with Gasteiger partial charge in [-0.25, -0.2) is 4.90 Å². The molecule has 0 N–H and O–H groups in total. The van der Waals surface area contributed by atoms with Crippen molar-refractivity contribution in [1.29, 1.82) is 0 Å². The monoisotopic (exact) mass is 520 g/mol. The Bertz CT molecular complexity index is 1020. The van der Waals surface area contributed by atoms with Crippen LogP contribution in [0.2, 0.25) is 0 Å². The topological polar surface area (TPSA) is 94.6 Å². The first kappa shape index (κ1) is 24.7. The van der Waals surface area contributed by atoms with Crippen LogP contribution in [0.15, 0.2) is 46.9 Å². The molecule has 0 aliphatic carbocycles. The quantitative estimate of drug-likeness (QED) is 0.370. The Kier molecular flexibility index (Phi) is 8.06. The van der Waals surface area contributed by atoms with Crippen molar-refractivity contribution >= 4 is 39.3 Å². The van der Waals surface area contributed by atoms with E-state index in [2.05, 4.69) is 15.9 Å². The highest BCUT2D eigenvalue weighted by Gasteiger charge is 2.45. The molecule has 10 heteroatoms. The lowest BCUT2D eigenvalue weighted by Crippen LogP contribution is -2.49. The number of hydrogen-bond acceptors (Lipinski definition) is 7. The number of imide groups is 1. The molecule has 1 aliphatic heterocycles. The van der Waals surface area contributed by atoms with Crippen LogP contribution in [-0.4, -0.2) is 69.9 Å². The molecule has 0 saturated carbocycles. The van der Waals surface area contributed by atoms with Crippen LogP contribution in [0.1, 0.15) is 16.8 Å². The number of carbonyl (C=O) groups is 3. The fourth-order valence-corrected chi connectivity index (χ4v) is 3.88. The summed E-state index contributed by atoms with van der Waals surface area (Å²) in [6.07, 6.45) is -0.952. The zero-order chi connectivity index (χ0) is 24.1. The molecule has 3 amide bonds. The van der Waals surface area contributed by atoms with Crippen LogP contribution < -0.4 is 14.4 Å². The molecule has 0 bridgehead atoms. The van der Waals surface area contributed by atoms with Gasteiger partial charge in [0.1, 0.15) is 6.04 Å². The van der Waals surface area contributed by atoms with Gasteiger partial charge in [-0.2, -0.15) is 0 Å². The molecule has 1 fully saturated rings. The average molecular weight is 521 g/mol. The minimum atomic E-state index is -1.02. The van der Waals surface area contributed by atoms with E-state index in [-0.39, 0.29) is 18.5 Å². The van der Waals surface area contributed by atoms with E-state index >= 15 is 0 Å². The molecule has 2 aromatic carbocycles. The fraction of sp³-hybridized carbons (Fsp3) is 0.348. The van der Waals surface area contributed by atoms with Crippen LogP contribution in [-0.2, 0) is 19.1 Å². The van der Waals surface area contributed by atoms with E-state index in [4.69, 9.17) is 18.9 Å². The Morgan fingerprint density at radius 2 is 1.67 bits per heavy atom. The van der Waals surface area contributed by atoms with Crippen molar-refractivity contribution in [3.8, 4) is 11.5 Å². The number of nitrogens with zero attached hydrogens (tertiary/aromatic N) is 2. The van der Waals surface area contributed by atoms with E-state index in [0.717, 1.165) is 9.37 Å². The highest BCUT2D eigenvalue weighted by molar-refractivity contribution is 9.10. The van der Waals surface area contributed by atoms with E-state index in [9.17, 15) is 14.4 Å². The molecule has 1 heterocycles. The Morgan fingerprint density at radius 3 is 2.24 bits per heavy atom. The first-order chi connectivity index (χ1) is 15.8. The predicted molar refractivity (Wildman–Crippen MR) is 123 cm³/mol. The number of ether oxygens (including phenoxy) is 4. The SMILES string of the molecule is COc1ccc(C(=O)N(CC(OC)OC)C2CC(=O)N(c3ccc(Br)cc3)C2=O)cc1OC. The number of amides is 3. The van der Waals surface area contributed by atoms with Crippen LogP contribution in [0.25, 0.3) is 0 Å². The molecule has 1 aliphatic rings. The molecule has 3 rings (SSSR count). The lowest BCUT2D eigenvalue weighted by atomic mass is 10.1. The number of methoxy groups -OCH3 is 4. The normalized spacial score (nSPS) is 15.8. The summed E-state index contributed by atoms with van der Waals surface area (Å²) in [6.45, 7) is -0.0575. The van der Waals surface area contributed by atoms with Gasteiger partial charge in [0.2, 0.25) is 5.91 Å². The zero-order valence-corrected chi connectivity index (χ0v) is 20.3. The smallest absolute Gasteiger partial charge is 0.257 e. The zero-order valence-electron chi connectivity index (χ0n) is 18.7. The van der Waals surface area contributed by atoms with Crippen LogP contribution in [0.4, 0.5) is 5.69 Å².